The highest BCUT2D eigenvalue weighted by Crippen LogP contribution is 2.33. The number of anilines is 2. The van der Waals surface area contributed by atoms with Crippen LogP contribution in [0.4, 0.5) is 16.3 Å². The summed E-state index contributed by atoms with van der Waals surface area (Å²) in [4.78, 5) is 43.1. The zero-order valence-corrected chi connectivity index (χ0v) is 25.2. The SMILES string of the molecule is C#C[C@@H](O)[C@@H](O[C@@H](CO)COC(Cc1ccc(N2CCCNC2=O)cc1)(C(=O)O)c1cscn1)n1cnc2c(N)nc(Cl)nc21. The number of carboxylic acid groups (broad SMARTS) is 1. The molecule has 1 fully saturated rings. The second-order valence-electron chi connectivity index (χ2n) is 10.0. The summed E-state index contributed by atoms with van der Waals surface area (Å²) < 4.78 is 13.3. The molecular formula is C28H29ClN8O7S. The van der Waals surface area contributed by atoms with E-state index in [1.165, 1.54) is 27.7 Å². The highest BCUT2D eigenvalue weighted by molar-refractivity contribution is 7.07. The number of ether oxygens (including phenoxy) is 2. The fourth-order valence-electron chi connectivity index (χ4n) is 4.87. The second kappa shape index (κ2) is 13.7. The molecule has 0 aliphatic carbocycles. The summed E-state index contributed by atoms with van der Waals surface area (Å²) in [5.41, 5.74) is 7.07. The molecule has 0 bridgehead atoms. The maximum absolute atomic E-state index is 12.9. The number of nitrogen functional groups attached to an aromatic ring is 1. The van der Waals surface area contributed by atoms with E-state index in [0.717, 1.165) is 6.42 Å². The number of halogens is 1. The largest absolute Gasteiger partial charge is 0.479 e. The number of urea groups is 1. The monoisotopic (exact) mass is 656 g/mol. The Morgan fingerprint density at radius 1 is 1.29 bits per heavy atom. The number of aliphatic hydroxyl groups excluding tert-OH is 2. The summed E-state index contributed by atoms with van der Waals surface area (Å²) in [6, 6.07) is 6.69. The molecule has 2 amide bonds. The van der Waals surface area contributed by atoms with Gasteiger partial charge in [-0.2, -0.15) is 9.97 Å². The third-order valence-electron chi connectivity index (χ3n) is 7.16. The van der Waals surface area contributed by atoms with Crippen LogP contribution in [-0.4, -0.2) is 90.3 Å². The fourth-order valence-corrected chi connectivity index (χ4v) is 5.66. The van der Waals surface area contributed by atoms with Crippen LogP contribution in [0.25, 0.3) is 11.2 Å². The highest BCUT2D eigenvalue weighted by Gasteiger charge is 2.45. The van der Waals surface area contributed by atoms with Crippen LogP contribution >= 0.6 is 22.9 Å². The van der Waals surface area contributed by atoms with Gasteiger partial charge in [-0.3, -0.25) is 9.47 Å². The second-order valence-corrected chi connectivity index (χ2v) is 11.1. The van der Waals surface area contributed by atoms with Crippen LogP contribution in [0.2, 0.25) is 5.28 Å². The number of benzene rings is 1. The van der Waals surface area contributed by atoms with Crippen LogP contribution in [0.3, 0.4) is 0 Å². The van der Waals surface area contributed by atoms with E-state index >= 15 is 0 Å². The van der Waals surface area contributed by atoms with E-state index in [-0.39, 0.29) is 40.4 Å². The fraction of sp³-hybridized carbons (Fsp3) is 0.357. The van der Waals surface area contributed by atoms with Gasteiger partial charge >= 0.3 is 12.0 Å². The number of fused-ring (bicyclic) bond motifs is 1. The first-order valence-electron chi connectivity index (χ1n) is 13.6. The van der Waals surface area contributed by atoms with E-state index in [9.17, 15) is 24.9 Å². The number of hydrogen-bond acceptors (Lipinski definition) is 12. The number of hydrogen-bond donors (Lipinski definition) is 5. The average molecular weight is 657 g/mol. The summed E-state index contributed by atoms with van der Waals surface area (Å²) in [5, 5.41) is 35.6. The molecule has 236 valence electrons. The number of carbonyl (C=O) groups is 2. The maximum Gasteiger partial charge on any atom is 0.342 e. The van der Waals surface area contributed by atoms with Crippen molar-refractivity contribution >= 4 is 57.6 Å². The van der Waals surface area contributed by atoms with Gasteiger partial charge in [0, 0.05) is 30.6 Å². The van der Waals surface area contributed by atoms with Gasteiger partial charge in [0.05, 0.1) is 30.7 Å². The topological polar surface area (TPSA) is 211 Å². The van der Waals surface area contributed by atoms with Gasteiger partial charge in [0.25, 0.3) is 0 Å². The molecule has 15 nitrogen and oxygen atoms in total. The molecule has 0 saturated carbocycles. The predicted octanol–water partition coefficient (Wildman–Crippen LogP) is 1.55. The molecule has 0 radical (unpaired) electrons. The summed E-state index contributed by atoms with van der Waals surface area (Å²) in [6.45, 7) is 0.0748. The third kappa shape index (κ3) is 6.68. The Kier molecular flexibility index (Phi) is 9.77. The number of thiazole rings is 1. The lowest BCUT2D eigenvalue weighted by molar-refractivity contribution is -0.185. The van der Waals surface area contributed by atoms with Crippen LogP contribution in [0, 0.1) is 12.3 Å². The van der Waals surface area contributed by atoms with E-state index in [0.29, 0.717) is 24.3 Å². The lowest BCUT2D eigenvalue weighted by Crippen LogP contribution is -2.46. The minimum absolute atomic E-state index is 0.0125. The van der Waals surface area contributed by atoms with Gasteiger partial charge in [0.1, 0.15) is 11.6 Å². The molecule has 1 aliphatic rings. The first kappa shape index (κ1) is 32.0. The molecule has 6 N–H and O–H groups in total. The Balaban J connectivity index is 1.40. The summed E-state index contributed by atoms with van der Waals surface area (Å²) in [5.74, 6) is 0.835. The quantitative estimate of drug-likeness (QED) is 0.102. The Morgan fingerprint density at radius 2 is 2.07 bits per heavy atom. The van der Waals surface area contributed by atoms with Crippen molar-refractivity contribution in [2.24, 2.45) is 0 Å². The average Bonchev–Trinajstić information content (AvgIpc) is 3.72. The number of nitrogens with two attached hydrogens (primary N) is 1. The van der Waals surface area contributed by atoms with Crippen LogP contribution < -0.4 is 16.0 Å². The summed E-state index contributed by atoms with van der Waals surface area (Å²) >= 11 is 7.17. The van der Waals surface area contributed by atoms with E-state index in [4.69, 9.17) is 33.2 Å². The van der Waals surface area contributed by atoms with Crippen LogP contribution in [0.1, 0.15) is 23.9 Å². The van der Waals surface area contributed by atoms with Gasteiger partial charge in [-0.1, -0.05) is 18.1 Å². The van der Waals surface area contributed by atoms with Gasteiger partial charge in [0.15, 0.2) is 23.8 Å². The van der Waals surface area contributed by atoms with Crippen molar-refractivity contribution in [3.63, 3.8) is 0 Å². The molecule has 1 unspecified atom stereocenters. The standard InChI is InChI=1S/C28H29ClN8O7S/c1-2-19(39)24(37-14-32-21-22(30)34-26(29)35-23(21)37)44-18(11-38)12-43-28(25(40)41,20-13-45-15-33-20)10-16-4-6-17(7-5-16)36-9-3-8-31-27(36)42/h1,4-7,13-15,18-19,24,38-39H,3,8-12H2,(H,31,42)(H,40,41)(H2,30,34,35)/t18-,19+,24+,28?/m0/s1. The lowest BCUT2D eigenvalue weighted by atomic mass is 9.91. The summed E-state index contributed by atoms with van der Waals surface area (Å²) in [6.07, 6.45) is 3.31. The van der Waals surface area contributed by atoms with E-state index < -0.39 is 43.2 Å². The zero-order valence-electron chi connectivity index (χ0n) is 23.6. The Hall–Kier alpha value is -4.37. The number of nitrogens with one attached hydrogen (secondary N) is 1. The molecule has 3 aromatic heterocycles. The molecule has 1 aliphatic heterocycles. The number of imidazole rings is 1. The summed E-state index contributed by atoms with van der Waals surface area (Å²) in [7, 11) is 0. The van der Waals surface area contributed by atoms with Gasteiger partial charge in [-0.25, -0.2) is 19.6 Å². The zero-order chi connectivity index (χ0) is 32.1. The number of carboxylic acids is 1. The number of rotatable bonds is 13. The van der Waals surface area contributed by atoms with Crippen LogP contribution in [0.5, 0.6) is 0 Å². The van der Waals surface area contributed by atoms with Gasteiger partial charge in [-0.15, -0.1) is 17.8 Å². The Labute approximate surface area is 265 Å². The number of terminal acetylenes is 1. The first-order valence-corrected chi connectivity index (χ1v) is 14.9. The highest BCUT2D eigenvalue weighted by atomic mass is 35.5. The number of aromatic nitrogens is 5. The van der Waals surface area contributed by atoms with Crippen molar-refractivity contribution in [3.8, 4) is 12.3 Å². The van der Waals surface area contributed by atoms with Crippen molar-refractivity contribution in [2.45, 2.75) is 36.9 Å². The number of aliphatic hydroxyl groups is 2. The minimum atomic E-state index is -1.99. The van der Waals surface area contributed by atoms with Crippen LogP contribution in [-0.2, 0) is 26.3 Å². The maximum atomic E-state index is 12.9. The molecule has 4 atom stereocenters. The molecule has 45 heavy (non-hydrogen) atoms. The first-order chi connectivity index (χ1) is 21.7. The van der Waals surface area contributed by atoms with E-state index in [1.807, 2.05) is 0 Å². The third-order valence-corrected chi connectivity index (χ3v) is 7.92. The molecule has 4 aromatic rings. The van der Waals surface area contributed by atoms with Gasteiger partial charge < -0.3 is 35.8 Å². The Bertz CT molecular complexity index is 1700. The molecule has 5 rings (SSSR count). The Morgan fingerprint density at radius 3 is 2.71 bits per heavy atom. The normalized spacial score (nSPS) is 16.8. The molecule has 17 heteroatoms. The van der Waals surface area contributed by atoms with Crippen molar-refractivity contribution in [1.29, 1.82) is 0 Å². The minimum Gasteiger partial charge on any atom is -0.479 e. The smallest absolute Gasteiger partial charge is 0.342 e. The number of amides is 2. The van der Waals surface area contributed by atoms with Gasteiger partial charge in [-0.05, 0) is 35.7 Å². The van der Waals surface area contributed by atoms with Crippen molar-refractivity contribution in [3.05, 3.63) is 58.0 Å². The number of aliphatic carboxylic acids is 1. The van der Waals surface area contributed by atoms with Crippen molar-refractivity contribution in [2.75, 3.05) is 36.9 Å². The molecular weight excluding hydrogens is 628 g/mol. The predicted molar refractivity (Wildman–Crippen MR) is 163 cm³/mol. The lowest BCUT2D eigenvalue weighted by Gasteiger charge is -2.32. The molecule has 1 saturated heterocycles. The van der Waals surface area contributed by atoms with Crippen molar-refractivity contribution in [1.82, 2.24) is 29.8 Å². The number of nitrogens with zero attached hydrogens (tertiary/aromatic N) is 6. The van der Waals surface area contributed by atoms with Crippen molar-refractivity contribution < 1.29 is 34.4 Å². The van der Waals surface area contributed by atoms with E-state index in [1.54, 1.807) is 34.5 Å². The van der Waals surface area contributed by atoms with E-state index in [2.05, 4.69) is 31.2 Å². The molecule has 4 heterocycles. The van der Waals surface area contributed by atoms with Gasteiger partial charge in [0.2, 0.25) is 10.9 Å². The number of carbonyl (C=O) groups excluding carboxylic acids is 1. The molecule has 0 spiro atoms. The molecule has 1 aromatic carbocycles. The van der Waals surface area contributed by atoms with Crippen LogP contribution in [0.15, 0.2) is 41.5 Å².